The van der Waals surface area contributed by atoms with Crippen molar-refractivity contribution < 1.29 is 9.53 Å². The first-order chi connectivity index (χ1) is 11.6. The molecule has 1 fully saturated rings. The predicted molar refractivity (Wildman–Crippen MR) is 95.6 cm³/mol. The second-order valence-corrected chi connectivity index (χ2v) is 5.97. The highest BCUT2D eigenvalue weighted by atomic mass is 16.6. The molecule has 0 radical (unpaired) electrons. The van der Waals surface area contributed by atoms with Crippen molar-refractivity contribution in [2.24, 2.45) is 0 Å². The number of nitrogens with one attached hydrogen (secondary N) is 1. The first-order valence-electron chi connectivity index (χ1n) is 8.86. The number of aryl methyl sites for hydroxylation is 1. The van der Waals surface area contributed by atoms with Gasteiger partial charge in [-0.2, -0.15) is 4.98 Å². The quantitative estimate of drug-likeness (QED) is 0.862. The summed E-state index contributed by atoms with van der Waals surface area (Å²) in [6.07, 6.45) is 1.57. The molecular weight excluding hydrogens is 306 g/mol. The molecule has 1 amide bonds. The molecule has 0 bridgehead atoms. The van der Waals surface area contributed by atoms with Gasteiger partial charge in [0.15, 0.2) is 0 Å². The zero-order valence-corrected chi connectivity index (χ0v) is 15.2. The van der Waals surface area contributed by atoms with Gasteiger partial charge in [0, 0.05) is 44.0 Å². The molecule has 0 atom stereocenters. The summed E-state index contributed by atoms with van der Waals surface area (Å²) >= 11 is 0. The Balaban J connectivity index is 1.96. The van der Waals surface area contributed by atoms with Crippen molar-refractivity contribution in [2.75, 3.05) is 43.0 Å². The fraction of sp³-hybridized carbons (Fsp3) is 0.706. The molecular formula is C17H29N5O2. The number of ether oxygens (including phenoxy) is 1. The molecule has 0 aliphatic carbocycles. The zero-order valence-electron chi connectivity index (χ0n) is 15.2. The summed E-state index contributed by atoms with van der Waals surface area (Å²) in [6, 6.07) is 2.29. The van der Waals surface area contributed by atoms with Crippen LogP contribution in [0.4, 0.5) is 16.6 Å². The minimum atomic E-state index is -0.211. The Labute approximate surface area is 144 Å². The minimum Gasteiger partial charge on any atom is -0.450 e. The standard InChI is InChI=1S/C17H29N5O2/c1-5-21(6-2)16-18-13(4)12-15(20-16)19-14-8-10-22(11-9-14)17(23)24-7-3/h12,14H,5-11H2,1-4H3,(H,18,19,20). The molecule has 1 aromatic heterocycles. The number of aromatic nitrogens is 2. The van der Waals surface area contributed by atoms with Crippen LogP contribution in [-0.2, 0) is 4.74 Å². The number of likely N-dealkylation sites (tertiary alicyclic amines) is 1. The van der Waals surface area contributed by atoms with Gasteiger partial charge in [-0.15, -0.1) is 0 Å². The molecule has 0 unspecified atom stereocenters. The number of amides is 1. The summed E-state index contributed by atoms with van der Waals surface area (Å²) in [7, 11) is 0. The Bertz CT molecular complexity index is 540. The van der Waals surface area contributed by atoms with Crippen LogP contribution in [0.15, 0.2) is 6.07 Å². The van der Waals surface area contributed by atoms with E-state index in [1.807, 2.05) is 19.9 Å². The van der Waals surface area contributed by atoms with Gasteiger partial charge in [-0.1, -0.05) is 0 Å². The Hall–Kier alpha value is -2.05. The molecule has 134 valence electrons. The van der Waals surface area contributed by atoms with Crippen LogP contribution in [0.5, 0.6) is 0 Å². The number of nitrogens with zero attached hydrogens (tertiary/aromatic N) is 4. The van der Waals surface area contributed by atoms with E-state index in [9.17, 15) is 4.79 Å². The Morgan fingerprint density at radius 3 is 2.54 bits per heavy atom. The first-order valence-corrected chi connectivity index (χ1v) is 8.86. The topological polar surface area (TPSA) is 70.6 Å². The third kappa shape index (κ3) is 4.72. The molecule has 2 heterocycles. The Morgan fingerprint density at radius 1 is 1.29 bits per heavy atom. The van der Waals surface area contributed by atoms with Crippen molar-refractivity contribution in [2.45, 2.75) is 46.6 Å². The molecule has 0 aromatic carbocycles. The van der Waals surface area contributed by atoms with Crippen LogP contribution >= 0.6 is 0 Å². The summed E-state index contributed by atoms with van der Waals surface area (Å²) in [6.45, 7) is 11.6. The second kappa shape index (κ2) is 8.70. The minimum absolute atomic E-state index is 0.211. The molecule has 1 aliphatic rings. The summed E-state index contributed by atoms with van der Waals surface area (Å²) in [4.78, 5) is 24.8. The number of carbonyl (C=O) groups is 1. The lowest BCUT2D eigenvalue weighted by Crippen LogP contribution is -2.42. The maximum atomic E-state index is 11.8. The van der Waals surface area contributed by atoms with Gasteiger partial charge < -0.3 is 19.9 Å². The highest BCUT2D eigenvalue weighted by Gasteiger charge is 2.24. The van der Waals surface area contributed by atoms with E-state index in [1.54, 1.807) is 4.90 Å². The normalized spacial score (nSPS) is 15.2. The van der Waals surface area contributed by atoms with Gasteiger partial charge in [0.05, 0.1) is 6.61 Å². The van der Waals surface area contributed by atoms with E-state index in [-0.39, 0.29) is 6.09 Å². The van der Waals surface area contributed by atoms with Gasteiger partial charge in [-0.3, -0.25) is 0 Å². The molecule has 7 nitrogen and oxygen atoms in total. The van der Waals surface area contributed by atoms with Crippen LogP contribution in [0.2, 0.25) is 0 Å². The van der Waals surface area contributed by atoms with Crippen molar-refractivity contribution in [1.82, 2.24) is 14.9 Å². The number of carbonyl (C=O) groups excluding carboxylic acids is 1. The zero-order chi connectivity index (χ0) is 17.5. The lowest BCUT2D eigenvalue weighted by Gasteiger charge is -2.32. The van der Waals surface area contributed by atoms with Crippen molar-refractivity contribution in [3.63, 3.8) is 0 Å². The van der Waals surface area contributed by atoms with Crippen LogP contribution in [0, 0.1) is 6.92 Å². The van der Waals surface area contributed by atoms with Crippen LogP contribution < -0.4 is 10.2 Å². The fourth-order valence-corrected chi connectivity index (χ4v) is 2.90. The van der Waals surface area contributed by atoms with Gasteiger partial charge >= 0.3 is 6.09 Å². The van der Waals surface area contributed by atoms with E-state index < -0.39 is 0 Å². The summed E-state index contributed by atoms with van der Waals surface area (Å²) in [5.74, 6) is 1.63. The number of rotatable bonds is 6. The van der Waals surface area contributed by atoms with Gasteiger partial charge in [-0.05, 0) is 40.5 Å². The maximum absolute atomic E-state index is 11.8. The molecule has 1 aromatic rings. The monoisotopic (exact) mass is 335 g/mol. The summed E-state index contributed by atoms with van der Waals surface area (Å²) in [5, 5.41) is 3.50. The van der Waals surface area contributed by atoms with Gasteiger partial charge in [0.1, 0.15) is 5.82 Å². The molecule has 1 N–H and O–H groups in total. The number of hydrogen-bond donors (Lipinski definition) is 1. The van der Waals surface area contributed by atoms with Crippen LogP contribution in [0.1, 0.15) is 39.3 Å². The third-order valence-corrected chi connectivity index (χ3v) is 4.26. The van der Waals surface area contributed by atoms with E-state index in [0.717, 1.165) is 43.4 Å². The molecule has 1 saturated heterocycles. The fourth-order valence-electron chi connectivity index (χ4n) is 2.90. The van der Waals surface area contributed by atoms with Crippen molar-refractivity contribution in [3.8, 4) is 0 Å². The average Bonchev–Trinajstić information content (AvgIpc) is 2.56. The summed E-state index contributed by atoms with van der Waals surface area (Å²) < 4.78 is 5.06. The predicted octanol–water partition coefficient (Wildman–Crippen LogP) is 2.66. The molecule has 24 heavy (non-hydrogen) atoms. The number of piperidine rings is 1. The third-order valence-electron chi connectivity index (χ3n) is 4.26. The van der Waals surface area contributed by atoms with Gasteiger partial charge in [0.2, 0.25) is 5.95 Å². The SMILES string of the molecule is CCOC(=O)N1CCC(Nc2cc(C)nc(N(CC)CC)n2)CC1. The first kappa shape index (κ1) is 18.3. The smallest absolute Gasteiger partial charge is 0.409 e. The Kier molecular flexibility index (Phi) is 6.63. The number of anilines is 2. The van der Waals surface area contributed by atoms with Gasteiger partial charge in [-0.25, -0.2) is 9.78 Å². The molecule has 2 rings (SSSR count). The molecule has 0 saturated carbocycles. The van der Waals surface area contributed by atoms with Crippen LogP contribution in [-0.4, -0.2) is 59.8 Å². The highest BCUT2D eigenvalue weighted by molar-refractivity contribution is 5.67. The Morgan fingerprint density at radius 2 is 1.96 bits per heavy atom. The lowest BCUT2D eigenvalue weighted by atomic mass is 10.1. The maximum Gasteiger partial charge on any atom is 0.409 e. The van der Waals surface area contributed by atoms with E-state index in [1.165, 1.54) is 0 Å². The average molecular weight is 335 g/mol. The van der Waals surface area contributed by atoms with Crippen LogP contribution in [0.25, 0.3) is 0 Å². The largest absolute Gasteiger partial charge is 0.450 e. The van der Waals surface area contributed by atoms with Crippen molar-refractivity contribution >= 4 is 17.9 Å². The van der Waals surface area contributed by atoms with E-state index in [0.29, 0.717) is 25.7 Å². The molecule has 7 heteroatoms. The highest BCUT2D eigenvalue weighted by Crippen LogP contribution is 2.19. The van der Waals surface area contributed by atoms with E-state index in [4.69, 9.17) is 4.74 Å². The van der Waals surface area contributed by atoms with Crippen molar-refractivity contribution in [1.29, 1.82) is 0 Å². The van der Waals surface area contributed by atoms with Crippen molar-refractivity contribution in [3.05, 3.63) is 11.8 Å². The molecule has 1 aliphatic heterocycles. The number of hydrogen-bond acceptors (Lipinski definition) is 6. The van der Waals surface area contributed by atoms with Crippen LogP contribution in [0.3, 0.4) is 0 Å². The molecule has 0 spiro atoms. The lowest BCUT2D eigenvalue weighted by molar-refractivity contribution is 0.0983. The van der Waals surface area contributed by atoms with E-state index in [2.05, 4.69) is 34.0 Å². The van der Waals surface area contributed by atoms with E-state index >= 15 is 0 Å². The summed E-state index contributed by atoms with van der Waals surface area (Å²) in [5.41, 5.74) is 0.957. The van der Waals surface area contributed by atoms with Gasteiger partial charge in [0.25, 0.3) is 0 Å². The second-order valence-electron chi connectivity index (χ2n) is 5.97.